The number of fused-ring (bicyclic) bond motifs is 1. The van der Waals surface area contributed by atoms with Gasteiger partial charge in [-0.2, -0.15) is 0 Å². The molecule has 1 heterocycles. The van der Waals surface area contributed by atoms with Crippen LogP contribution in [0.25, 0.3) is 0 Å². The van der Waals surface area contributed by atoms with Crippen LogP contribution in [0.2, 0.25) is 0 Å². The van der Waals surface area contributed by atoms with Gasteiger partial charge in [-0.05, 0) is 42.5 Å². The van der Waals surface area contributed by atoms with Gasteiger partial charge in [-0.1, -0.05) is 6.07 Å². The first kappa shape index (κ1) is 9.33. The van der Waals surface area contributed by atoms with Gasteiger partial charge < -0.3 is 0 Å². The number of hydrogen-bond donors (Lipinski definition) is 0. The Morgan fingerprint density at radius 2 is 1.62 bits per heavy atom. The average molecular weight is 213 g/mol. The van der Waals surface area contributed by atoms with E-state index in [1.54, 1.807) is 0 Å². The minimum absolute atomic E-state index is 0.247. The van der Waals surface area contributed by atoms with Crippen LogP contribution in [0.1, 0.15) is 17.5 Å². The number of benzene rings is 1. The Bertz CT molecular complexity index is 499. The van der Waals surface area contributed by atoms with E-state index in [1.165, 1.54) is 34.6 Å². The van der Waals surface area contributed by atoms with Crippen molar-refractivity contribution in [3.8, 4) is 0 Å². The van der Waals surface area contributed by atoms with Crippen molar-refractivity contribution in [3.05, 3.63) is 41.5 Å². The number of aryl methyl sites for hydroxylation is 2. The fraction of sp³-hybridized carbons (Fsp3) is 0.231. The summed E-state index contributed by atoms with van der Waals surface area (Å²) in [6, 6.07) is 5.84. The van der Waals surface area contributed by atoms with Gasteiger partial charge in [-0.15, -0.1) is 0 Å². The Hall–Kier alpha value is -1.90. The second-order valence-corrected chi connectivity index (χ2v) is 4.15. The molecule has 0 spiro atoms. The van der Waals surface area contributed by atoms with Gasteiger partial charge in [-0.3, -0.25) is 9.59 Å². The molecule has 2 aliphatic rings. The zero-order valence-electron chi connectivity index (χ0n) is 8.77. The highest BCUT2D eigenvalue weighted by atomic mass is 16.2. The molecular formula is C13H11NO2. The van der Waals surface area contributed by atoms with Crippen LogP contribution in [0, 0.1) is 0 Å². The Kier molecular flexibility index (Phi) is 1.93. The standard InChI is InChI=1S/C13H11NO2/c15-12-6-7-13(16)14(12)11-5-4-9-2-1-3-10(9)8-11/h4-8H,1-3H2. The molecule has 0 fully saturated rings. The highest BCUT2D eigenvalue weighted by molar-refractivity contribution is 6.28. The van der Waals surface area contributed by atoms with E-state index in [1.807, 2.05) is 18.2 Å². The van der Waals surface area contributed by atoms with Crippen LogP contribution in [0.4, 0.5) is 5.69 Å². The van der Waals surface area contributed by atoms with E-state index in [9.17, 15) is 9.59 Å². The van der Waals surface area contributed by atoms with Gasteiger partial charge >= 0.3 is 0 Å². The molecule has 0 bridgehead atoms. The fourth-order valence-corrected chi connectivity index (χ4v) is 2.35. The van der Waals surface area contributed by atoms with Crippen molar-refractivity contribution in [2.45, 2.75) is 19.3 Å². The molecule has 0 radical (unpaired) electrons. The van der Waals surface area contributed by atoms with E-state index in [-0.39, 0.29) is 11.8 Å². The molecule has 0 saturated heterocycles. The van der Waals surface area contributed by atoms with E-state index >= 15 is 0 Å². The molecule has 1 aromatic carbocycles. The minimum atomic E-state index is -0.247. The maximum atomic E-state index is 11.5. The molecule has 0 unspecified atom stereocenters. The molecule has 3 rings (SSSR count). The summed E-state index contributed by atoms with van der Waals surface area (Å²) < 4.78 is 0. The van der Waals surface area contributed by atoms with Crippen LogP contribution >= 0.6 is 0 Å². The van der Waals surface area contributed by atoms with Gasteiger partial charge in [0.25, 0.3) is 11.8 Å². The van der Waals surface area contributed by atoms with Gasteiger partial charge in [0, 0.05) is 12.2 Å². The van der Waals surface area contributed by atoms with Crippen LogP contribution in [0.15, 0.2) is 30.4 Å². The van der Waals surface area contributed by atoms with Gasteiger partial charge in [0.05, 0.1) is 5.69 Å². The molecular weight excluding hydrogens is 202 g/mol. The van der Waals surface area contributed by atoms with E-state index in [0.29, 0.717) is 5.69 Å². The number of anilines is 1. The number of nitrogens with zero attached hydrogens (tertiary/aromatic N) is 1. The lowest BCUT2D eigenvalue weighted by atomic mass is 10.1. The second-order valence-electron chi connectivity index (χ2n) is 4.15. The highest BCUT2D eigenvalue weighted by Crippen LogP contribution is 2.28. The van der Waals surface area contributed by atoms with E-state index in [4.69, 9.17) is 0 Å². The summed E-state index contributed by atoms with van der Waals surface area (Å²) in [5.74, 6) is -0.495. The first-order valence-electron chi connectivity index (χ1n) is 5.43. The van der Waals surface area contributed by atoms with E-state index in [2.05, 4.69) is 0 Å². The molecule has 0 aromatic heterocycles. The predicted molar refractivity (Wildman–Crippen MR) is 60.1 cm³/mol. The van der Waals surface area contributed by atoms with Gasteiger partial charge in [0.15, 0.2) is 0 Å². The molecule has 1 aliphatic carbocycles. The zero-order valence-corrected chi connectivity index (χ0v) is 8.77. The molecule has 1 aliphatic heterocycles. The maximum Gasteiger partial charge on any atom is 0.258 e. The lowest BCUT2D eigenvalue weighted by Crippen LogP contribution is -2.29. The van der Waals surface area contributed by atoms with Crippen molar-refractivity contribution in [3.63, 3.8) is 0 Å². The minimum Gasteiger partial charge on any atom is -0.269 e. The molecule has 0 atom stereocenters. The highest BCUT2D eigenvalue weighted by Gasteiger charge is 2.25. The quantitative estimate of drug-likeness (QED) is 0.664. The second kappa shape index (κ2) is 3.30. The molecule has 2 amide bonds. The summed E-state index contributed by atoms with van der Waals surface area (Å²) in [6.45, 7) is 0. The normalized spacial score (nSPS) is 18.4. The number of hydrogen-bond acceptors (Lipinski definition) is 2. The number of carbonyl (C=O) groups is 2. The third-order valence-electron chi connectivity index (χ3n) is 3.15. The van der Waals surface area contributed by atoms with Crippen LogP contribution in [-0.2, 0) is 22.4 Å². The van der Waals surface area contributed by atoms with Gasteiger partial charge in [0.1, 0.15) is 0 Å². The summed E-state index contributed by atoms with van der Waals surface area (Å²) in [6.07, 6.45) is 5.95. The van der Waals surface area contributed by atoms with Crippen molar-refractivity contribution < 1.29 is 9.59 Å². The van der Waals surface area contributed by atoms with Crippen molar-refractivity contribution in [2.24, 2.45) is 0 Å². The molecule has 80 valence electrons. The molecule has 0 N–H and O–H groups in total. The van der Waals surface area contributed by atoms with Crippen LogP contribution in [-0.4, -0.2) is 11.8 Å². The number of imide groups is 1. The number of rotatable bonds is 1. The summed E-state index contributed by atoms with van der Waals surface area (Å²) in [5.41, 5.74) is 3.31. The summed E-state index contributed by atoms with van der Waals surface area (Å²) in [7, 11) is 0. The molecule has 0 saturated carbocycles. The zero-order chi connectivity index (χ0) is 11.1. The Labute approximate surface area is 93.4 Å². The summed E-state index contributed by atoms with van der Waals surface area (Å²) in [4.78, 5) is 24.2. The first-order chi connectivity index (χ1) is 7.75. The molecule has 3 heteroatoms. The topological polar surface area (TPSA) is 37.4 Å². The third kappa shape index (κ3) is 1.28. The lowest BCUT2D eigenvalue weighted by molar-refractivity contribution is -0.119. The van der Waals surface area contributed by atoms with Crippen LogP contribution < -0.4 is 4.90 Å². The first-order valence-corrected chi connectivity index (χ1v) is 5.43. The largest absolute Gasteiger partial charge is 0.269 e. The Morgan fingerprint density at radius 1 is 0.938 bits per heavy atom. The van der Waals surface area contributed by atoms with Crippen molar-refractivity contribution in [2.75, 3.05) is 4.90 Å². The predicted octanol–water partition coefficient (Wildman–Crippen LogP) is 1.60. The fourth-order valence-electron chi connectivity index (χ4n) is 2.35. The Balaban J connectivity index is 2.02. The molecule has 1 aromatic rings. The summed E-state index contributed by atoms with van der Waals surface area (Å²) >= 11 is 0. The van der Waals surface area contributed by atoms with Crippen molar-refractivity contribution in [1.29, 1.82) is 0 Å². The van der Waals surface area contributed by atoms with Crippen LogP contribution in [0.3, 0.4) is 0 Å². The van der Waals surface area contributed by atoms with E-state index < -0.39 is 0 Å². The molecule has 3 nitrogen and oxygen atoms in total. The molecule has 16 heavy (non-hydrogen) atoms. The maximum absolute atomic E-state index is 11.5. The third-order valence-corrected chi connectivity index (χ3v) is 3.15. The monoisotopic (exact) mass is 213 g/mol. The van der Waals surface area contributed by atoms with Crippen molar-refractivity contribution in [1.82, 2.24) is 0 Å². The smallest absolute Gasteiger partial charge is 0.258 e. The van der Waals surface area contributed by atoms with E-state index in [0.717, 1.165) is 12.8 Å². The average Bonchev–Trinajstić information content (AvgIpc) is 2.85. The number of carbonyl (C=O) groups excluding carboxylic acids is 2. The lowest BCUT2D eigenvalue weighted by Gasteiger charge is -2.14. The van der Waals surface area contributed by atoms with Crippen LogP contribution in [0.5, 0.6) is 0 Å². The van der Waals surface area contributed by atoms with Gasteiger partial charge in [0.2, 0.25) is 0 Å². The summed E-state index contributed by atoms with van der Waals surface area (Å²) in [5, 5.41) is 0. The number of amides is 2. The Morgan fingerprint density at radius 3 is 2.38 bits per heavy atom. The van der Waals surface area contributed by atoms with Crippen molar-refractivity contribution >= 4 is 17.5 Å². The van der Waals surface area contributed by atoms with Gasteiger partial charge in [-0.25, -0.2) is 4.90 Å². The SMILES string of the molecule is O=C1C=CC(=O)N1c1ccc2c(c1)CCC2.